The van der Waals surface area contributed by atoms with Crippen molar-refractivity contribution in [3.05, 3.63) is 55.0 Å². The van der Waals surface area contributed by atoms with Crippen LogP contribution in [0.2, 0.25) is 0 Å². The fourth-order valence-corrected chi connectivity index (χ4v) is 1.04. The maximum Gasteiger partial charge on any atom is 1.00 e. The van der Waals surface area contributed by atoms with E-state index in [1.807, 2.05) is 31.2 Å². The largest absolute Gasteiger partial charge is 1.00 e. The molecule has 1 atom stereocenters. The second kappa shape index (κ2) is 8.95. The minimum atomic E-state index is 0. The Balaban J connectivity index is 0. The van der Waals surface area contributed by atoms with Crippen LogP contribution in [0.3, 0.4) is 0 Å². The van der Waals surface area contributed by atoms with Gasteiger partial charge in [-0.3, -0.25) is 0 Å². The van der Waals surface area contributed by atoms with Gasteiger partial charge in [-0.15, -0.1) is 0 Å². The first-order valence-corrected chi connectivity index (χ1v) is 3.85. The van der Waals surface area contributed by atoms with Crippen LogP contribution in [0.5, 0.6) is 0 Å². The van der Waals surface area contributed by atoms with Crippen LogP contribution in [0.4, 0.5) is 0 Å². The SMILES string of the molecule is [Br-].[CH2]C(/C=C\C)c1ccccc1.[Hg+]. The number of rotatable bonds is 2. The van der Waals surface area contributed by atoms with Gasteiger partial charge in [-0.05, 0) is 19.4 Å². The molecule has 1 unspecified atom stereocenters. The Morgan fingerprint density at radius 3 is 2.23 bits per heavy atom. The summed E-state index contributed by atoms with van der Waals surface area (Å²) in [6, 6.07) is 10.3. The molecule has 0 fully saturated rings. The van der Waals surface area contributed by atoms with Crippen molar-refractivity contribution in [3.8, 4) is 0 Å². The molecule has 0 aliphatic carbocycles. The summed E-state index contributed by atoms with van der Waals surface area (Å²) in [6.07, 6.45) is 4.12. The molecule has 0 amide bonds. The van der Waals surface area contributed by atoms with Gasteiger partial charge in [0, 0.05) is 5.92 Å². The van der Waals surface area contributed by atoms with Crippen LogP contribution in [-0.2, 0) is 27.7 Å². The van der Waals surface area contributed by atoms with Gasteiger partial charge in [-0.2, -0.15) is 0 Å². The van der Waals surface area contributed by atoms with Crippen LogP contribution in [0.15, 0.2) is 42.5 Å². The maximum atomic E-state index is 4.01. The van der Waals surface area contributed by atoms with Gasteiger partial charge in [0.05, 0.1) is 0 Å². The van der Waals surface area contributed by atoms with Gasteiger partial charge < -0.3 is 17.0 Å². The Kier molecular flexibility index (Phi) is 10.9. The molecule has 1 aromatic carbocycles. The van der Waals surface area contributed by atoms with Crippen molar-refractivity contribution in [1.29, 1.82) is 0 Å². The molecular formula is C11H13BrHg. The van der Waals surface area contributed by atoms with Gasteiger partial charge in [0.25, 0.3) is 0 Å². The summed E-state index contributed by atoms with van der Waals surface area (Å²) in [5, 5.41) is 0. The molecule has 0 aliphatic rings. The van der Waals surface area contributed by atoms with Gasteiger partial charge in [0.15, 0.2) is 0 Å². The first kappa shape index (κ1) is 15.8. The number of benzene rings is 1. The number of halogens is 1. The Morgan fingerprint density at radius 1 is 1.23 bits per heavy atom. The monoisotopic (exact) mass is 426 g/mol. The summed E-state index contributed by atoms with van der Waals surface area (Å²) >= 11 is 0. The fraction of sp³-hybridized carbons (Fsp3) is 0.182. The van der Waals surface area contributed by atoms with Crippen molar-refractivity contribution < 1.29 is 44.7 Å². The summed E-state index contributed by atoms with van der Waals surface area (Å²) < 4.78 is 0. The average molecular weight is 426 g/mol. The second-order valence-electron chi connectivity index (χ2n) is 2.54. The molecule has 0 heterocycles. The maximum absolute atomic E-state index is 4.01. The summed E-state index contributed by atoms with van der Waals surface area (Å²) in [4.78, 5) is 0. The van der Waals surface area contributed by atoms with Gasteiger partial charge in [0.1, 0.15) is 0 Å². The molecule has 2 radical (unpaired) electrons. The van der Waals surface area contributed by atoms with Gasteiger partial charge >= 0.3 is 27.7 Å². The van der Waals surface area contributed by atoms with Crippen molar-refractivity contribution in [2.75, 3.05) is 0 Å². The Morgan fingerprint density at radius 2 is 1.77 bits per heavy atom. The predicted octanol–water partition coefficient (Wildman–Crippen LogP) is 0.182. The third-order valence-corrected chi connectivity index (χ3v) is 1.65. The number of hydrogen-bond donors (Lipinski definition) is 0. The van der Waals surface area contributed by atoms with Crippen LogP contribution in [0, 0.1) is 6.92 Å². The molecule has 2 heteroatoms. The summed E-state index contributed by atoms with van der Waals surface area (Å²) in [6.45, 7) is 6.03. The molecule has 0 N–H and O–H groups in total. The fourth-order valence-electron chi connectivity index (χ4n) is 1.04. The first-order chi connectivity index (χ1) is 5.34. The van der Waals surface area contributed by atoms with E-state index in [1.54, 1.807) is 0 Å². The van der Waals surface area contributed by atoms with E-state index in [-0.39, 0.29) is 44.7 Å². The molecule has 0 saturated carbocycles. The van der Waals surface area contributed by atoms with Crippen molar-refractivity contribution >= 4 is 0 Å². The topological polar surface area (TPSA) is 0 Å². The second-order valence-corrected chi connectivity index (χ2v) is 2.54. The third kappa shape index (κ3) is 5.64. The molecule has 0 bridgehead atoms. The molecular weight excluding hydrogens is 413 g/mol. The molecule has 0 spiro atoms. The molecule has 0 aromatic heterocycles. The first-order valence-electron chi connectivity index (χ1n) is 3.85. The zero-order valence-corrected chi connectivity index (χ0v) is 15.0. The molecule has 13 heavy (non-hydrogen) atoms. The van der Waals surface area contributed by atoms with Crippen molar-refractivity contribution in [3.63, 3.8) is 0 Å². The predicted molar refractivity (Wildman–Crippen MR) is 49.4 cm³/mol. The third-order valence-electron chi connectivity index (χ3n) is 1.65. The quantitative estimate of drug-likeness (QED) is 0.469. The number of hydrogen-bond acceptors (Lipinski definition) is 0. The molecule has 66 valence electrons. The number of allylic oxidation sites excluding steroid dienone is 2. The summed E-state index contributed by atoms with van der Waals surface area (Å²) in [5.74, 6) is 0.293. The molecule has 1 rings (SSSR count). The van der Waals surface area contributed by atoms with E-state index >= 15 is 0 Å². The molecule has 0 saturated heterocycles. The summed E-state index contributed by atoms with van der Waals surface area (Å²) in [5.41, 5.74) is 1.27. The van der Waals surface area contributed by atoms with Crippen LogP contribution < -0.4 is 17.0 Å². The van der Waals surface area contributed by atoms with Crippen molar-refractivity contribution in [1.82, 2.24) is 0 Å². The van der Waals surface area contributed by atoms with Crippen LogP contribution in [-0.4, -0.2) is 0 Å². The van der Waals surface area contributed by atoms with E-state index in [0.29, 0.717) is 5.92 Å². The Bertz CT molecular complexity index is 231. The smallest absolute Gasteiger partial charge is 1.00 e. The average Bonchev–Trinajstić information content (AvgIpc) is 2.07. The van der Waals surface area contributed by atoms with E-state index in [4.69, 9.17) is 0 Å². The molecule has 0 aliphatic heterocycles. The van der Waals surface area contributed by atoms with Crippen LogP contribution in [0.1, 0.15) is 18.4 Å². The Labute approximate surface area is 112 Å². The normalized spacial score (nSPS) is 11.5. The zero-order valence-electron chi connectivity index (χ0n) is 7.91. The van der Waals surface area contributed by atoms with Gasteiger partial charge in [-0.1, -0.05) is 42.5 Å². The van der Waals surface area contributed by atoms with E-state index in [0.717, 1.165) is 0 Å². The Hall–Kier alpha value is 0.375. The standard InChI is InChI=1S/C11H13.BrH.Hg/c1-3-7-10(2)11-8-5-4-6-9-11;;/h3-10H,2H2,1H3;1H;/q;;+1/p-1/b7-3-;;. The minimum absolute atomic E-state index is 0. The zero-order chi connectivity index (χ0) is 8.10. The minimum Gasteiger partial charge on any atom is -1.00 e. The van der Waals surface area contributed by atoms with Crippen molar-refractivity contribution in [2.24, 2.45) is 0 Å². The van der Waals surface area contributed by atoms with E-state index in [1.165, 1.54) is 5.56 Å². The molecule has 1 aromatic rings. The van der Waals surface area contributed by atoms with Crippen LogP contribution in [0.25, 0.3) is 0 Å². The van der Waals surface area contributed by atoms with Crippen LogP contribution >= 0.6 is 0 Å². The van der Waals surface area contributed by atoms with E-state index in [9.17, 15) is 0 Å². The molecule has 0 nitrogen and oxygen atoms in total. The van der Waals surface area contributed by atoms with Crippen molar-refractivity contribution in [2.45, 2.75) is 12.8 Å². The van der Waals surface area contributed by atoms with E-state index < -0.39 is 0 Å². The summed E-state index contributed by atoms with van der Waals surface area (Å²) in [7, 11) is 0. The van der Waals surface area contributed by atoms with Gasteiger partial charge in [-0.25, -0.2) is 0 Å². The van der Waals surface area contributed by atoms with Gasteiger partial charge in [0.2, 0.25) is 0 Å². The van der Waals surface area contributed by atoms with E-state index in [2.05, 4.69) is 25.1 Å².